The molecule has 1 aromatic heterocycles. The zero-order chi connectivity index (χ0) is 22.3. The number of carbonyl (C=O) groups excluding carboxylic acids is 2. The van der Waals surface area contributed by atoms with E-state index in [0.29, 0.717) is 0 Å². The number of carbonyl (C=O) groups is 2. The monoisotopic (exact) mass is 375 g/mol. The number of esters is 1. The molecular formula is C18H20N4O5. The van der Waals surface area contributed by atoms with Gasteiger partial charge in [-0.25, -0.2) is 4.98 Å². The van der Waals surface area contributed by atoms with E-state index in [1.54, 1.807) is 25.1 Å². The number of hydrogen-bond donors (Lipinski definition) is 1. The van der Waals surface area contributed by atoms with Gasteiger partial charge in [-0.1, -0.05) is 6.07 Å². The molecule has 0 saturated carbocycles. The third kappa shape index (κ3) is 5.00. The van der Waals surface area contributed by atoms with Gasteiger partial charge in [-0.05, 0) is 31.2 Å². The predicted molar refractivity (Wildman–Crippen MR) is 99.8 cm³/mol. The number of rotatable bonds is 8. The van der Waals surface area contributed by atoms with Gasteiger partial charge in [-0.3, -0.25) is 24.6 Å². The van der Waals surface area contributed by atoms with Crippen LogP contribution in [0.25, 0.3) is 0 Å². The summed E-state index contributed by atoms with van der Waals surface area (Å²) in [5.41, 5.74) is -0.872. The highest BCUT2D eigenvalue weighted by Crippen LogP contribution is 2.26. The number of aromatic nitrogens is 1. The summed E-state index contributed by atoms with van der Waals surface area (Å²) < 4.78 is 26.6. The number of nitrogens with one attached hydrogen (secondary N) is 1. The van der Waals surface area contributed by atoms with Crippen molar-refractivity contribution in [2.45, 2.75) is 13.3 Å². The fraction of sp³-hybridized carbons (Fsp3) is 0.278. The Kier molecular flexibility index (Phi) is 5.41. The lowest BCUT2D eigenvalue weighted by atomic mass is 10.1. The van der Waals surface area contributed by atoms with Crippen LogP contribution in [0.4, 0.5) is 17.2 Å². The molecule has 9 heteroatoms. The molecule has 2 rings (SSSR count). The normalized spacial score (nSPS) is 12.3. The molecule has 0 unspecified atom stereocenters. The van der Waals surface area contributed by atoms with Gasteiger partial charge in [-0.15, -0.1) is 0 Å². The summed E-state index contributed by atoms with van der Waals surface area (Å²) in [6, 6.07) is 8.26. The second-order valence-corrected chi connectivity index (χ2v) is 5.31. The standard InChI is InChI=1S/C18H20N4O5/c1-3-27-17(23)9-11-21(16-6-4-5-10-20-16)18(24)13-7-8-14(19-2)15(12-13)22(25)26/h4-8,10,12,19H,3,9,11H2,1-2H3/i2D3. The summed E-state index contributed by atoms with van der Waals surface area (Å²) >= 11 is 0. The van der Waals surface area contributed by atoms with Crippen molar-refractivity contribution in [2.75, 3.05) is 30.3 Å². The van der Waals surface area contributed by atoms with Crippen LogP contribution < -0.4 is 10.2 Å². The zero-order valence-electron chi connectivity index (χ0n) is 17.5. The second kappa shape index (κ2) is 9.27. The Morgan fingerprint density at radius 2 is 2.19 bits per heavy atom. The first-order chi connectivity index (χ1) is 14.1. The number of anilines is 2. The molecule has 0 bridgehead atoms. The molecule has 0 aliphatic rings. The van der Waals surface area contributed by atoms with Crippen LogP contribution in [0.3, 0.4) is 0 Å². The van der Waals surface area contributed by atoms with E-state index in [0.717, 1.165) is 12.1 Å². The maximum Gasteiger partial charge on any atom is 0.307 e. The summed E-state index contributed by atoms with van der Waals surface area (Å²) in [6.07, 6.45) is 1.36. The molecule has 1 N–H and O–H groups in total. The molecule has 1 aromatic carbocycles. The topological polar surface area (TPSA) is 115 Å². The van der Waals surface area contributed by atoms with Crippen molar-refractivity contribution < 1.29 is 23.4 Å². The minimum absolute atomic E-state index is 0.0578. The van der Waals surface area contributed by atoms with Crippen LogP contribution in [0, 0.1) is 10.1 Å². The molecule has 27 heavy (non-hydrogen) atoms. The SMILES string of the molecule is [2H]C([2H])([2H])Nc1ccc(C(=O)N(CCC(=O)OCC)c2ccccn2)cc1[N+](=O)[O-]. The van der Waals surface area contributed by atoms with E-state index in [-0.39, 0.29) is 36.6 Å². The molecule has 0 atom stereocenters. The van der Waals surface area contributed by atoms with Gasteiger partial charge in [0.15, 0.2) is 0 Å². The lowest BCUT2D eigenvalue weighted by molar-refractivity contribution is -0.384. The van der Waals surface area contributed by atoms with Crippen molar-refractivity contribution in [3.05, 3.63) is 58.3 Å². The lowest BCUT2D eigenvalue weighted by Crippen LogP contribution is -2.34. The summed E-state index contributed by atoms with van der Waals surface area (Å²) in [5.74, 6) is -0.893. The van der Waals surface area contributed by atoms with Crippen LogP contribution in [0.15, 0.2) is 42.6 Å². The highest BCUT2D eigenvalue weighted by atomic mass is 16.6. The van der Waals surface area contributed by atoms with E-state index in [1.807, 2.05) is 0 Å². The van der Waals surface area contributed by atoms with E-state index in [4.69, 9.17) is 8.85 Å². The minimum atomic E-state index is -2.64. The van der Waals surface area contributed by atoms with Gasteiger partial charge in [-0.2, -0.15) is 0 Å². The smallest absolute Gasteiger partial charge is 0.307 e. The Morgan fingerprint density at radius 3 is 2.81 bits per heavy atom. The molecule has 2 aromatic rings. The van der Waals surface area contributed by atoms with Gasteiger partial charge in [0.1, 0.15) is 11.5 Å². The highest BCUT2D eigenvalue weighted by Gasteiger charge is 2.23. The van der Waals surface area contributed by atoms with Crippen LogP contribution >= 0.6 is 0 Å². The second-order valence-electron chi connectivity index (χ2n) is 5.31. The maximum absolute atomic E-state index is 13.1. The molecule has 0 aliphatic carbocycles. The highest BCUT2D eigenvalue weighted by molar-refractivity contribution is 6.06. The lowest BCUT2D eigenvalue weighted by Gasteiger charge is -2.21. The van der Waals surface area contributed by atoms with Crippen molar-refractivity contribution >= 4 is 29.1 Å². The van der Waals surface area contributed by atoms with Gasteiger partial charge in [0.2, 0.25) is 0 Å². The van der Waals surface area contributed by atoms with Gasteiger partial charge in [0.25, 0.3) is 11.6 Å². The zero-order valence-corrected chi connectivity index (χ0v) is 14.5. The number of nitro benzene ring substituents is 1. The molecule has 142 valence electrons. The number of amides is 1. The van der Waals surface area contributed by atoms with Crippen molar-refractivity contribution in [1.82, 2.24) is 4.98 Å². The van der Waals surface area contributed by atoms with Crippen LogP contribution in [0.2, 0.25) is 0 Å². The fourth-order valence-electron chi connectivity index (χ4n) is 2.35. The third-order valence-corrected chi connectivity index (χ3v) is 3.59. The predicted octanol–water partition coefficient (Wildman–Crippen LogP) is 2.63. The largest absolute Gasteiger partial charge is 0.466 e. The van der Waals surface area contributed by atoms with Crippen LogP contribution in [-0.2, 0) is 9.53 Å². The quantitative estimate of drug-likeness (QED) is 0.428. The maximum atomic E-state index is 13.1. The van der Waals surface area contributed by atoms with Gasteiger partial charge < -0.3 is 10.1 Å². The summed E-state index contributed by atoms with van der Waals surface area (Å²) in [4.78, 5) is 40.7. The molecule has 0 aliphatic heterocycles. The number of hydrogen-bond acceptors (Lipinski definition) is 7. The van der Waals surface area contributed by atoms with Crippen molar-refractivity contribution in [3.63, 3.8) is 0 Å². The fourth-order valence-corrected chi connectivity index (χ4v) is 2.35. The van der Waals surface area contributed by atoms with Crippen LogP contribution in [0.5, 0.6) is 0 Å². The molecule has 0 saturated heterocycles. The van der Waals surface area contributed by atoms with E-state index in [1.165, 1.54) is 17.2 Å². The molecule has 0 spiro atoms. The summed E-state index contributed by atoms with van der Waals surface area (Å²) in [6.45, 7) is -0.845. The Morgan fingerprint density at radius 1 is 1.37 bits per heavy atom. The first-order valence-corrected chi connectivity index (χ1v) is 8.07. The first kappa shape index (κ1) is 15.7. The summed E-state index contributed by atoms with van der Waals surface area (Å²) in [7, 11) is 0. The third-order valence-electron chi connectivity index (χ3n) is 3.59. The van der Waals surface area contributed by atoms with Crippen molar-refractivity contribution in [1.29, 1.82) is 0 Å². The number of benzene rings is 1. The average molecular weight is 375 g/mol. The van der Waals surface area contributed by atoms with Crippen LogP contribution in [0.1, 0.15) is 27.8 Å². The Balaban J connectivity index is 2.37. The minimum Gasteiger partial charge on any atom is -0.466 e. The van der Waals surface area contributed by atoms with Gasteiger partial charge in [0.05, 0.1) is 18.0 Å². The van der Waals surface area contributed by atoms with E-state index in [2.05, 4.69) is 10.3 Å². The first-order valence-electron chi connectivity index (χ1n) is 9.57. The number of nitrogens with zero attached hydrogens (tertiary/aromatic N) is 3. The molecule has 1 amide bonds. The van der Waals surface area contributed by atoms with E-state index in [9.17, 15) is 19.7 Å². The van der Waals surface area contributed by atoms with Crippen molar-refractivity contribution in [3.8, 4) is 0 Å². The molecule has 0 radical (unpaired) electrons. The number of ether oxygens (including phenoxy) is 1. The van der Waals surface area contributed by atoms with Gasteiger partial charge in [0, 0.05) is 35.5 Å². The Bertz CT molecular complexity index is 922. The van der Waals surface area contributed by atoms with E-state index >= 15 is 0 Å². The molecule has 1 heterocycles. The van der Waals surface area contributed by atoms with Gasteiger partial charge >= 0.3 is 5.97 Å². The average Bonchev–Trinajstić information content (AvgIpc) is 2.68. The van der Waals surface area contributed by atoms with Crippen LogP contribution in [-0.4, -0.2) is 41.9 Å². The number of pyridine rings is 1. The molecular weight excluding hydrogens is 352 g/mol. The Labute approximate surface area is 160 Å². The van der Waals surface area contributed by atoms with E-state index < -0.39 is 29.5 Å². The van der Waals surface area contributed by atoms with Crippen molar-refractivity contribution in [2.24, 2.45) is 0 Å². The summed E-state index contributed by atoms with van der Waals surface area (Å²) in [5, 5.41) is 13.5. The molecule has 0 fully saturated rings. The molecule has 9 nitrogen and oxygen atoms in total. The Hall–Kier alpha value is -3.49. The number of nitro groups is 1.